The van der Waals surface area contributed by atoms with Gasteiger partial charge >= 0.3 is 6.61 Å². The molecule has 3 aliphatic rings. The highest BCUT2D eigenvalue weighted by molar-refractivity contribution is 7.18. The number of carbonyl (C=O) groups excluding carboxylic acids is 3. The second kappa shape index (κ2) is 12.8. The van der Waals surface area contributed by atoms with Gasteiger partial charge in [-0.15, -0.1) is 11.3 Å². The molecule has 2 aliphatic carbocycles. The Morgan fingerprint density at radius 3 is 2.62 bits per heavy atom. The number of hydrogen-bond acceptors (Lipinski definition) is 7. The summed E-state index contributed by atoms with van der Waals surface area (Å²) >= 11 is 7.14. The van der Waals surface area contributed by atoms with Gasteiger partial charge in [0, 0.05) is 37.4 Å². The molecule has 0 bridgehead atoms. The number of nitrogens with zero attached hydrogens (tertiary/aromatic N) is 2. The zero-order chi connectivity index (χ0) is 28.2. The molecule has 1 aliphatic heterocycles. The predicted molar refractivity (Wildman–Crippen MR) is 147 cm³/mol. The quantitative estimate of drug-likeness (QED) is 0.378. The number of halogens is 3. The third-order valence-corrected chi connectivity index (χ3v) is 8.62. The summed E-state index contributed by atoms with van der Waals surface area (Å²) in [5, 5.41) is 5.71. The number of alkyl halides is 2. The van der Waals surface area contributed by atoms with E-state index >= 15 is 0 Å². The van der Waals surface area contributed by atoms with Gasteiger partial charge in [0.1, 0.15) is 12.6 Å². The summed E-state index contributed by atoms with van der Waals surface area (Å²) in [6.07, 6.45) is 5.32. The number of morpholine rings is 1. The molecule has 3 amide bonds. The highest BCUT2D eigenvalue weighted by Gasteiger charge is 2.39. The molecule has 0 radical (unpaired) electrons. The number of thiophene rings is 1. The van der Waals surface area contributed by atoms with Gasteiger partial charge < -0.3 is 25.0 Å². The van der Waals surface area contributed by atoms with Crippen LogP contribution in [0.1, 0.15) is 41.8 Å². The van der Waals surface area contributed by atoms with Crippen LogP contribution in [0.4, 0.5) is 20.2 Å². The Labute approximate surface area is 239 Å². The van der Waals surface area contributed by atoms with Crippen molar-refractivity contribution in [2.45, 2.75) is 50.8 Å². The predicted octanol–water partition coefficient (Wildman–Crippen LogP) is 4.37. The van der Waals surface area contributed by atoms with Gasteiger partial charge in [-0.2, -0.15) is 8.78 Å². The molecule has 13 heteroatoms. The molecule has 2 saturated carbocycles. The van der Waals surface area contributed by atoms with Crippen LogP contribution in [0.2, 0.25) is 4.34 Å². The maximum Gasteiger partial charge on any atom is 0.387 e. The summed E-state index contributed by atoms with van der Waals surface area (Å²) in [4.78, 5) is 42.7. The topological polar surface area (TPSA) is 100 Å². The number of rotatable bonds is 12. The number of benzene rings is 1. The number of hydrogen-bond donors (Lipinski definition) is 2. The summed E-state index contributed by atoms with van der Waals surface area (Å²) in [5.41, 5.74) is 0.417. The normalized spacial score (nSPS) is 18.5. The lowest BCUT2D eigenvalue weighted by atomic mass is 9.84. The monoisotopic (exact) mass is 596 g/mol. The molecule has 5 rings (SSSR count). The van der Waals surface area contributed by atoms with Gasteiger partial charge in [-0.1, -0.05) is 18.0 Å². The lowest BCUT2D eigenvalue weighted by molar-refractivity contribution is -0.126. The van der Waals surface area contributed by atoms with E-state index in [1.54, 1.807) is 18.2 Å². The Morgan fingerprint density at radius 2 is 2.00 bits per heavy atom. The van der Waals surface area contributed by atoms with E-state index in [-0.39, 0.29) is 67.2 Å². The lowest BCUT2D eigenvalue weighted by Crippen LogP contribution is -2.53. The smallest absolute Gasteiger partial charge is 0.387 e. The van der Waals surface area contributed by atoms with Gasteiger partial charge in [-0.25, -0.2) is 0 Å². The molecule has 1 saturated heterocycles. The van der Waals surface area contributed by atoms with Crippen LogP contribution >= 0.6 is 22.9 Å². The first-order valence-electron chi connectivity index (χ1n) is 13.4. The minimum atomic E-state index is -3.12. The fourth-order valence-corrected chi connectivity index (χ4v) is 5.95. The van der Waals surface area contributed by atoms with Crippen LogP contribution in [0.25, 0.3) is 0 Å². The molecule has 3 fully saturated rings. The van der Waals surface area contributed by atoms with Crippen LogP contribution in [-0.2, 0) is 14.3 Å². The molecule has 216 valence electrons. The van der Waals surface area contributed by atoms with Crippen molar-refractivity contribution in [3.8, 4) is 5.75 Å². The van der Waals surface area contributed by atoms with Gasteiger partial charge in [-0.05, 0) is 55.9 Å². The largest absolute Gasteiger partial charge is 0.433 e. The van der Waals surface area contributed by atoms with E-state index in [0.29, 0.717) is 15.1 Å². The fraction of sp³-hybridized carbons (Fsp3) is 0.519. The Balaban J connectivity index is 1.35. The Morgan fingerprint density at radius 1 is 1.20 bits per heavy atom. The van der Waals surface area contributed by atoms with Crippen LogP contribution in [0.3, 0.4) is 0 Å². The van der Waals surface area contributed by atoms with Crippen molar-refractivity contribution in [2.24, 2.45) is 5.92 Å². The fourth-order valence-electron chi connectivity index (χ4n) is 4.99. The first-order valence-corrected chi connectivity index (χ1v) is 14.5. The second-order valence-corrected chi connectivity index (χ2v) is 11.9. The average molecular weight is 597 g/mol. The first kappa shape index (κ1) is 28.7. The molecule has 1 aromatic heterocycles. The van der Waals surface area contributed by atoms with Crippen molar-refractivity contribution in [3.63, 3.8) is 0 Å². The van der Waals surface area contributed by atoms with Gasteiger partial charge in [0.15, 0.2) is 5.75 Å². The molecule has 1 atom stereocenters. The van der Waals surface area contributed by atoms with E-state index in [1.807, 2.05) is 0 Å². The highest BCUT2D eigenvalue weighted by Crippen LogP contribution is 2.36. The molecule has 0 spiro atoms. The minimum absolute atomic E-state index is 0.0736. The standard InChI is InChI=1S/C27H31ClF2N4O5S/c28-23-9-8-22(40-23)26(37)31-13-20(34(18-5-6-18)14-16-2-1-3-16)25(36)32-17-4-7-19(21(12-17)39-27(29)30)33-10-11-38-15-24(33)35/h4,7-9,12,16,18,20,27H,1-3,5-6,10-11,13-15H2,(H,31,37)(H,32,36)/t20-/m1/s1. The summed E-state index contributed by atoms with van der Waals surface area (Å²) < 4.78 is 36.9. The number of amides is 3. The molecular weight excluding hydrogens is 566 g/mol. The number of nitrogens with one attached hydrogen (secondary N) is 2. The third kappa shape index (κ3) is 7.09. The molecule has 2 heterocycles. The molecule has 2 N–H and O–H groups in total. The summed E-state index contributed by atoms with van der Waals surface area (Å²) in [5.74, 6) is -0.786. The van der Waals surface area contributed by atoms with Crippen LogP contribution in [-0.4, -0.2) is 74.2 Å². The highest BCUT2D eigenvalue weighted by atomic mass is 35.5. The maximum atomic E-state index is 13.7. The van der Waals surface area contributed by atoms with Crippen LogP contribution in [0.15, 0.2) is 30.3 Å². The Bertz CT molecular complexity index is 1240. The van der Waals surface area contributed by atoms with Gasteiger partial charge in [0.25, 0.3) is 11.8 Å². The van der Waals surface area contributed by atoms with Crippen LogP contribution < -0.4 is 20.3 Å². The molecular formula is C27H31ClF2N4O5S. The van der Waals surface area contributed by atoms with E-state index in [9.17, 15) is 23.2 Å². The summed E-state index contributed by atoms with van der Waals surface area (Å²) in [6.45, 7) is -2.00. The van der Waals surface area contributed by atoms with Crippen molar-refractivity contribution in [2.75, 3.05) is 43.1 Å². The van der Waals surface area contributed by atoms with Crippen LogP contribution in [0, 0.1) is 5.92 Å². The van der Waals surface area contributed by atoms with Crippen molar-refractivity contribution in [1.82, 2.24) is 10.2 Å². The van der Waals surface area contributed by atoms with Gasteiger partial charge in [0.2, 0.25) is 5.91 Å². The SMILES string of the molecule is O=C(NC[C@H](C(=O)Nc1ccc(N2CCOCC2=O)c(OC(F)F)c1)N(CC1CCC1)C1CC1)c1ccc(Cl)s1. The van der Waals surface area contributed by atoms with E-state index in [0.717, 1.165) is 43.6 Å². The molecule has 0 unspecified atom stereocenters. The van der Waals surface area contributed by atoms with Gasteiger partial charge in [-0.3, -0.25) is 19.3 Å². The third-order valence-electron chi connectivity index (χ3n) is 7.39. The van der Waals surface area contributed by atoms with Gasteiger partial charge in [0.05, 0.1) is 21.5 Å². The van der Waals surface area contributed by atoms with E-state index in [1.165, 1.54) is 23.5 Å². The van der Waals surface area contributed by atoms with Crippen molar-refractivity contribution in [3.05, 3.63) is 39.5 Å². The van der Waals surface area contributed by atoms with E-state index in [4.69, 9.17) is 21.1 Å². The molecule has 40 heavy (non-hydrogen) atoms. The molecule has 2 aromatic rings. The summed E-state index contributed by atoms with van der Waals surface area (Å²) in [6, 6.07) is 7.16. The molecule has 9 nitrogen and oxygen atoms in total. The average Bonchev–Trinajstić information content (AvgIpc) is 3.64. The van der Waals surface area contributed by atoms with Crippen LogP contribution in [0.5, 0.6) is 5.75 Å². The van der Waals surface area contributed by atoms with Crippen molar-refractivity contribution in [1.29, 1.82) is 0 Å². The minimum Gasteiger partial charge on any atom is -0.433 e. The first-order chi connectivity index (χ1) is 19.3. The van der Waals surface area contributed by atoms with E-state index < -0.39 is 12.7 Å². The summed E-state index contributed by atoms with van der Waals surface area (Å²) in [7, 11) is 0. The molecule has 1 aromatic carbocycles. The van der Waals surface area contributed by atoms with Crippen molar-refractivity contribution >= 4 is 52.0 Å². The maximum absolute atomic E-state index is 13.7. The van der Waals surface area contributed by atoms with E-state index in [2.05, 4.69) is 15.5 Å². The lowest BCUT2D eigenvalue weighted by Gasteiger charge is -2.37. The number of anilines is 2. The number of ether oxygens (including phenoxy) is 2. The zero-order valence-corrected chi connectivity index (χ0v) is 23.3. The Hall–Kier alpha value is -2.80. The van der Waals surface area contributed by atoms with Crippen molar-refractivity contribution < 1.29 is 32.6 Å². The Kier molecular flexibility index (Phi) is 9.19. The zero-order valence-electron chi connectivity index (χ0n) is 21.7. The number of carbonyl (C=O) groups is 3. The second-order valence-electron chi connectivity index (χ2n) is 10.2.